The number of fused-ring (bicyclic) bond motifs is 26. The zero-order valence-electron chi connectivity index (χ0n) is 78.7. The third kappa shape index (κ3) is 11.5. The summed E-state index contributed by atoms with van der Waals surface area (Å²) in [7, 11) is 0. The van der Waals surface area contributed by atoms with Gasteiger partial charge in [-0.05, 0) is 203 Å². The van der Waals surface area contributed by atoms with Crippen molar-refractivity contribution in [2.24, 2.45) is 0 Å². The van der Waals surface area contributed by atoms with Gasteiger partial charge in [-0.15, -0.1) is 34.0 Å². The maximum absolute atomic E-state index is 5.42. The summed E-state index contributed by atoms with van der Waals surface area (Å²) in [5.41, 5.74) is 36.5. The molecule has 678 valence electrons. The number of hydrogen-bond donors (Lipinski definition) is 0. The van der Waals surface area contributed by atoms with Crippen molar-refractivity contribution >= 4 is 236 Å². The molecule has 0 aliphatic heterocycles. The summed E-state index contributed by atoms with van der Waals surface area (Å²) < 4.78 is 17.4. The average Bonchev–Trinajstić information content (AvgIpc) is 1.53. The third-order valence-corrected chi connectivity index (χ3v) is 34.8. The highest BCUT2D eigenvalue weighted by atomic mass is 32.1. The smallest absolute Gasteiger partial charge is 0.235 e. The number of nitrogens with zero attached hydrogens (tertiary/aromatic N) is 8. The van der Waals surface area contributed by atoms with E-state index in [4.69, 9.17) is 19.9 Å². The molecule has 8 nitrogen and oxygen atoms in total. The standard InChI is InChI=1S/C52H30N2S.2C42H23N3S/c1-2-14-40-36(11-1)39-16-9-10-33-24-29-44-51(48(33)39)52-45(30-47-49(50(40)52)41-15-5-8-19-46(41)55-47)54(44)35-27-22-32(23-28-35)31-20-25-34(26-21-31)53-42-17-6-3-12-37(42)38-13-4-7-18-43(38)53;1-2-11-25(12-3-1)41-42(44-31-19-8-7-18-30(31)43-41)45-32-22-21-24-13-10-17-27-26-14-4-5-15-28(26)38-37-29-16-6-9-20-34(29)46-35(37)23-33(45)40(38)39(32)36(24)27;1-2-11-25(12-3-1)41-29-16-6-8-19-31(29)43-42(44-41)45-32-22-21-24-13-10-18-27-26-14-4-5-15-28(26)38-37-30-17-7-9-20-34(30)46-35(37)23-33(45)40(38)39(32)36(24)27/h1-30H;2*1-23H. The SMILES string of the molecule is c1ccc(-c2nc(-n3c4cc5sc6ccccc6c5c5c4c4c6c(cccc6ccc43)-c3ccccc3-5)nc3ccccc23)cc1.c1ccc(-c2nc3ccccc3nc2-n2c3cc4sc5ccccc5c4c4c3c3c5c(cccc5ccc32)-c2ccccc2-4)cc1.c1ccc2c(c1)-c1cccc3ccc4c(c13)c1c-2c2c(cc1n4-c1ccc(-c3ccc(-n4c5ccccc5c5ccccc54)cc3)cc1)sc1ccccc12. The second kappa shape index (κ2) is 31.0. The van der Waals surface area contributed by atoms with Crippen LogP contribution in [0.25, 0.3) is 326 Å². The van der Waals surface area contributed by atoms with Gasteiger partial charge in [-0.2, -0.15) is 0 Å². The van der Waals surface area contributed by atoms with E-state index >= 15 is 0 Å². The molecule has 35 rings (SSSR count). The van der Waals surface area contributed by atoms with Crippen LogP contribution in [-0.4, -0.2) is 38.2 Å². The van der Waals surface area contributed by atoms with E-state index in [2.05, 4.69) is 467 Å². The van der Waals surface area contributed by atoms with Crippen LogP contribution in [0.1, 0.15) is 0 Å². The molecule has 0 amide bonds. The molecule has 0 N–H and O–H groups in total. The Morgan fingerprint density at radius 2 is 0.497 bits per heavy atom. The van der Waals surface area contributed by atoms with Gasteiger partial charge in [0.05, 0.1) is 66.4 Å². The van der Waals surface area contributed by atoms with E-state index in [1.807, 2.05) is 46.1 Å². The molecule has 9 aromatic heterocycles. The Balaban J connectivity index is 0.0000000967. The molecule has 0 bridgehead atoms. The van der Waals surface area contributed by atoms with Crippen molar-refractivity contribution in [3.8, 4) is 124 Å². The van der Waals surface area contributed by atoms with Gasteiger partial charge in [-0.1, -0.05) is 352 Å². The molecular formula is C136H76N8S3. The van der Waals surface area contributed by atoms with E-state index in [-0.39, 0.29) is 0 Å². The maximum atomic E-state index is 5.42. The van der Waals surface area contributed by atoms with Gasteiger partial charge in [0.15, 0.2) is 5.82 Å². The van der Waals surface area contributed by atoms with Gasteiger partial charge in [-0.25, -0.2) is 19.9 Å². The Bertz CT molecular complexity index is 11400. The molecule has 0 saturated heterocycles. The van der Waals surface area contributed by atoms with Gasteiger partial charge in [0.1, 0.15) is 5.69 Å². The fourth-order valence-electron chi connectivity index (χ4n) is 25.5. The summed E-state index contributed by atoms with van der Waals surface area (Å²) in [4.78, 5) is 21.4. The Kier molecular flexibility index (Phi) is 17.1. The Morgan fingerprint density at radius 3 is 0.946 bits per heavy atom. The number of para-hydroxylation sites is 5. The molecule has 0 atom stereocenters. The van der Waals surface area contributed by atoms with E-state index < -0.39 is 0 Å². The highest BCUT2D eigenvalue weighted by molar-refractivity contribution is 7.27. The van der Waals surface area contributed by atoms with E-state index in [1.165, 1.54) is 247 Å². The Labute approximate surface area is 852 Å². The Hall–Kier alpha value is -18.6. The van der Waals surface area contributed by atoms with Gasteiger partial charge >= 0.3 is 0 Å². The predicted molar refractivity (Wildman–Crippen MR) is 624 cm³/mol. The molecule has 147 heavy (non-hydrogen) atoms. The first-order valence-electron chi connectivity index (χ1n) is 50.1. The number of hydrogen-bond acceptors (Lipinski definition) is 7. The van der Waals surface area contributed by atoms with Crippen molar-refractivity contribution in [1.29, 1.82) is 0 Å². The zero-order chi connectivity index (χ0) is 95.6. The van der Waals surface area contributed by atoms with Gasteiger partial charge in [-0.3, -0.25) is 9.13 Å². The molecule has 0 saturated carbocycles. The van der Waals surface area contributed by atoms with Crippen LogP contribution in [0.15, 0.2) is 461 Å². The highest BCUT2D eigenvalue weighted by Crippen LogP contribution is 2.60. The van der Waals surface area contributed by atoms with Crippen LogP contribution < -0.4 is 0 Å². The molecule has 0 unspecified atom stereocenters. The van der Waals surface area contributed by atoms with Crippen LogP contribution in [0.3, 0.4) is 0 Å². The van der Waals surface area contributed by atoms with Crippen molar-refractivity contribution in [1.82, 2.24) is 38.2 Å². The molecule has 23 aromatic carbocycles. The summed E-state index contributed by atoms with van der Waals surface area (Å²) in [6.45, 7) is 0. The summed E-state index contributed by atoms with van der Waals surface area (Å²) in [6.07, 6.45) is 0. The van der Waals surface area contributed by atoms with Gasteiger partial charge in [0.25, 0.3) is 0 Å². The minimum Gasteiger partial charge on any atom is -0.309 e. The van der Waals surface area contributed by atoms with E-state index in [1.54, 1.807) is 0 Å². The lowest BCUT2D eigenvalue weighted by Gasteiger charge is -2.16. The summed E-state index contributed by atoms with van der Waals surface area (Å²) in [6, 6.07) is 168. The summed E-state index contributed by atoms with van der Waals surface area (Å²) in [5, 5.41) is 27.1. The van der Waals surface area contributed by atoms with Gasteiger partial charge < -0.3 is 9.13 Å². The monoisotopic (exact) mass is 1920 g/mol. The molecule has 3 aliphatic rings. The van der Waals surface area contributed by atoms with Crippen LogP contribution in [0.4, 0.5) is 0 Å². The number of aromatic nitrogens is 8. The normalized spacial score (nSPS) is 12.4. The lowest BCUT2D eigenvalue weighted by Crippen LogP contribution is -2.04. The van der Waals surface area contributed by atoms with Gasteiger partial charge in [0, 0.05) is 148 Å². The van der Waals surface area contributed by atoms with Crippen molar-refractivity contribution in [2.45, 2.75) is 0 Å². The number of thiophene rings is 3. The Morgan fingerprint density at radius 1 is 0.163 bits per heavy atom. The van der Waals surface area contributed by atoms with E-state index in [0.29, 0.717) is 5.95 Å². The van der Waals surface area contributed by atoms with Crippen LogP contribution in [0.5, 0.6) is 0 Å². The van der Waals surface area contributed by atoms with Crippen molar-refractivity contribution in [2.75, 3.05) is 0 Å². The molecule has 0 fully saturated rings. The van der Waals surface area contributed by atoms with E-state index in [0.717, 1.165) is 72.3 Å². The highest BCUT2D eigenvalue weighted by Gasteiger charge is 2.35. The largest absolute Gasteiger partial charge is 0.309 e. The number of rotatable bonds is 7. The fraction of sp³-hybridized carbons (Fsp3) is 0. The maximum Gasteiger partial charge on any atom is 0.235 e. The predicted octanol–water partition coefficient (Wildman–Crippen LogP) is 37.8. The third-order valence-electron chi connectivity index (χ3n) is 31.5. The average molecular weight is 1920 g/mol. The first-order valence-corrected chi connectivity index (χ1v) is 52.6. The lowest BCUT2D eigenvalue weighted by molar-refractivity contribution is 1.01. The lowest BCUT2D eigenvalue weighted by atomic mass is 9.91. The second-order valence-electron chi connectivity index (χ2n) is 39.1. The summed E-state index contributed by atoms with van der Waals surface area (Å²) >= 11 is 5.64. The van der Waals surface area contributed by atoms with Crippen molar-refractivity contribution in [3.05, 3.63) is 461 Å². The fourth-order valence-corrected chi connectivity index (χ4v) is 28.9. The van der Waals surface area contributed by atoms with Crippen molar-refractivity contribution in [3.63, 3.8) is 0 Å². The molecule has 32 aromatic rings. The molecule has 0 spiro atoms. The molecule has 0 radical (unpaired) electrons. The zero-order valence-corrected chi connectivity index (χ0v) is 81.1. The molecular weight excluding hydrogens is 1840 g/mol. The molecule has 9 heterocycles. The van der Waals surface area contributed by atoms with Crippen LogP contribution in [0.2, 0.25) is 0 Å². The second-order valence-corrected chi connectivity index (χ2v) is 42.3. The van der Waals surface area contributed by atoms with Gasteiger partial charge in [0.2, 0.25) is 5.95 Å². The first kappa shape index (κ1) is 81.0. The van der Waals surface area contributed by atoms with Crippen molar-refractivity contribution < 1.29 is 0 Å². The topological polar surface area (TPSA) is 71.3 Å². The van der Waals surface area contributed by atoms with E-state index in [9.17, 15) is 0 Å². The molecule has 3 aliphatic carbocycles. The van der Waals surface area contributed by atoms with Crippen LogP contribution in [-0.2, 0) is 0 Å². The minimum absolute atomic E-state index is 0.689. The summed E-state index contributed by atoms with van der Waals surface area (Å²) in [5.74, 6) is 1.54. The number of benzene rings is 23. The first-order chi connectivity index (χ1) is 73.0. The quantitative estimate of drug-likeness (QED) is 0.159. The van der Waals surface area contributed by atoms with Crippen LogP contribution in [0, 0.1) is 0 Å². The molecule has 11 heteroatoms. The van der Waals surface area contributed by atoms with Crippen LogP contribution >= 0.6 is 34.0 Å². The minimum atomic E-state index is 0.689.